The van der Waals surface area contributed by atoms with Crippen LogP contribution in [0.2, 0.25) is 0 Å². The number of carbonyl (C=O) groups excluding carboxylic acids is 1. The average Bonchev–Trinajstić information content (AvgIpc) is 2.55. The molecule has 0 heterocycles. The number of halogens is 5. The van der Waals surface area contributed by atoms with Crippen molar-refractivity contribution >= 4 is 34.5 Å². The van der Waals surface area contributed by atoms with Crippen molar-refractivity contribution in [3.63, 3.8) is 0 Å². The van der Waals surface area contributed by atoms with Gasteiger partial charge in [-0.25, -0.2) is 22.0 Å². The van der Waals surface area contributed by atoms with E-state index in [4.69, 9.17) is 12.2 Å². The number of rotatable bonds is 3. The number of ketones is 1. The zero-order valence-electron chi connectivity index (χ0n) is 12.0. The van der Waals surface area contributed by atoms with E-state index in [2.05, 4.69) is 5.32 Å². The second kappa shape index (κ2) is 6.91. The van der Waals surface area contributed by atoms with E-state index >= 15 is 0 Å². The van der Waals surface area contributed by atoms with Crippen molar-refractivity contribution in [2.24, 2.45) is 0 Å². The predicted molar refractivity (Wildman–Crippen MR) is 82.5 cm³/mol. The summed E-state index contributed by atoms with van der Waals surface area (Å²) in [6, 6.07) is 5.97. The Hall–Kier alpha value is -2.55. The van der Waals surface area contributed by atoms with Crippen molar-refractivity contribution in [2.75, 3.05) is 10.6 Å². The van der Waals surface area contributed by atoms with Gasteiger partial charge < -0.3 is 10.6 Å². The van der Waals surface area contributed by atoms with Crippen LogP contribution in [0.3, 0.4) is 0 Å². The summed E-state index contributed by atoms with van der Waals surface area (Å²) < 4.78 is 66.3. The smallest absolute Gasteiger partial charge is 0.200 e. The molecule has 2 aromatic rings. The lowest BCUT2D eigenvalue weighted by Crippen LogP contribution is -2.22. The van der Waals surface area contributed by atoms with Crippen molar-refractivity contribution in [3.8, 4) is 0 Å². The van der Waals surface area contributed by atoms with E-state index in [0.717, 1.165) is 0 Å². The van der Waals surface area contributed by atoms with Gasteiger partial charge in [0.2, 0.25) is 5.82 Å². The van der Waals surface area contributed by atoms with Crippen LogP contribution in [-0.4, -0.2) is 10.9 Å². The Morgan fingerprint density at radius 1 is 0.917 bits per heavy atom. The lowest BCUT2D eigenvalue weighted by Gasteiger charge is -2.13. The number of hydrogen-bond acceptors (Lipinski definition) is 2. The van der Waals surface area contributed by atoms with Gasteiger partial charge in [-0.05, 0) is 31.3 Å². The summed E-state index contributed by atoms with van der Waals surface area (Å²) in [6.45, 7) is 1.34. The highest BCUT2D eigenvalue weighted by atomic mass is 32.1. The van der Waals surface area contributed by atoms with Crippen LogP contribution >= 0.6 is 12.2 Å². The summed E-state index contributed by atoms with van der Waals surface area (Å²) in [5, 5.41) is 4.00. The van der Waals surface area contributed by atoms with E-state index < -0.39 is 39.9 Å². The van der Waals surface area contributed by atoms with Gasteiger partial charge in [0.05, 0.1) is 0 Å². The predicted octanol–water partition coefficient (Wildman–Crippen LogP) is 4.39. The van der Waals surface area contributed by atoms with Crippen LogP contribution in [0.5, 0.6) is 0 Å². The number of Topliss-reactive ketones (excluding diaryl/α,β-unsaturated/α-hetero) is 1. The second-order valence-electron chi connectivity index (χ2n) is 4.66. The summed E-state index contributed by atoms with van der Waals surface area (Å²) in [4.78, 5) is 11.3. The van der Waals surface area contributed by atoms with E-state index in [1.165, 1.54) is 31.2 Å². The molecule has 0 fully saturated rings. The molecule has 24 heavy (non-hydrogen) atoms. The van der Waals surface area contributed by atoms with Gasteiger partial charge in [0.15, 0.2) is 34.2 Å². The molecule has 0 bridgehead atoms. The van der Waals surface area contributed by atoms with Gasteiger partial charge in [0, 0.05) is 11.3 Å². The Labute approximate surface area is 138 Å². The SMILES string of the molecule is CC(=O)c1cccc(NC(=S)Nc2c(F)c(F)c(F)c(F)c2F)c1. The fraction of sp³-hybridized carbons (Fsp3) is 0.0667. The van der Waals surface area contributed by atoms with Crippen molar-refractivity contribution in [1.29, 1.82) is 0 Å². The van der Waals surface area contributed by atoms with E-state index in [1.54, 1.807) is 0 Å². The third-order valence-corrected chi connectivity index (χ3v) is 3.18. The summed E-state index contributed by atoms with van der Waals surface area (Å²) in [5.74, 6) is -10.7. The molecule has 0 saturated carbocycles. The van der Waals surface area contributed by atoms with Gasteiger partial charge in [-0.1, -0.05) is 12.1 Å². The van der Waals surface area contributed by atoms with Gasteiger partial charge in [-0.3, -0.25) is 4.79 Å². The minimum Gasteiger partial charge on any atom is -0.332 e. The summed E-state index contributed by atoms with van der Waals surface area (Å²) in [5.41, 5.74) is -0.630. The fourth-order valence-corrected chi connectivity index (χ4v) is 2.03. The number of benzene rings is 2. The maximum absolute atomic E-state index is 13.6. The highest BCUT2D eigenvalue weighted by Gasteiger charge is 2.26. The van der Waals surface area contributed by atoms with E-state index in [-0.39, 0.29) is 5.78 Å². The molecule has 9 heteroatoms. The fourth-order valence-electron chi connectivity index (χ4n) is 1.81. The second-order valence-corrected chi connectivity index (χ2v) is 5.07. The van der Waals surface area contributed by atoms with Crippen LogP contribution < -0.4 is 10.6 Å². The molecule has 126 valence electrons. The Bertz CT molecular complexity index is 812. The molecule has 3 nitrogen and oxygen atoms in total. The Balaban J connectivity index is 2.25. The van der Waals surface area contributed by atoms with Gasteiger partial charge >= 0.3 is 0 Å². The average molecular weight is 360 g/mol. The first-order chi connectivity index (χ1) is 11.2. The topological polar surface area (TPSA) is 41.1 Å². The molecule has 0 saturated heterocycles. The van der Waals surface area contributed by atoms with E-state index in [0.29, 0.717) is 11.3 Å². The van der Waals surface area contributed by atoms with E-state index in [9.17, 15) is 26.7 Å². The number of hydrogen-bond donors (Lipinski definition) is 2. The van der Waals surface area contributed by atoms with Crippen molar-refractivity contribution < 1.29 is 26.7 Å². The third-order valence-electron chi connectivity index (χ3n) is 2.98. The third kappa shape index (κ3) is 3.51. The molecule has 0 amide bonds. The van der Waals surface area contributed by atoms with Crippen LogP contribution in [-0.2, 0) is 0 Å². The molecule has 0 unspecified atom stereocenters. The molecule has 0 aromatic heterocycles. The van der Waals surface area contributed by atoms with Crippen LogP contribution in [0.15, 0.2) is 24.3 Å². The van der Waals surface area contributed by atoms with E-state index in [1.807, 2.05) is 5.32 Å². The maximum Gasteiger partial charge on any atom is 0.200 e. The first kappa shape index (κ1) is 17.8. The standard InChI is InChI=1S/C15H9F5N2OS/c1-6(23)7-3-2-4-8(5-7)21-15(24)22-14-12(19)10(17)9(16)11(18)13(14)20/h2-5H,1H3,(H2,21,22,24). The number of nitrogens with one attached hydrogen (secondary N) is 2. The molecule has 0 atom stereocenters. The minimum atomic E-state index is -2.26. The Morgan fingerprint density at radius 2 is 1.46 bits per heavy atom. The van der Waals surface area contributed by atoms with Crippen LogP contribution in [0.4, 0.5) is 33.3 Å². The van der Waals surface area contributed by atoms with Crippen molar-refractivity contribution in [2.45, 2.75) is 6.92 Å². The number of carbonyl (C=O) groups is 1. The minimum absolute atomic E-state index is 0.225. The zero-order chi connectivity index (χ0) is 18.0. The van der Waals surface area contributed by atoms with Crippen molar-refractivity contribution in [1.82, 2.24) is 0 Å². The number of anilines is 2. The summed E-state index contributed by atoms with van der Waals surface area (Å²) in [6.07, 6.45) is 0. The molecule has 0 aliphatic rings. The molecule has 0 aliphatic heterocycles. The normalized spacial score (nSPS) is 10.4. The zero-order valence-corrected chi connectivity index (χ0v) is 12.8. The highest BCUT2D eigenvalue weighted by molar-refractivity contribution is 7.80. The lowest BCUT2D eigenvalue weighted by molar-refractivity contribution is 0.101. The van der Waals surface area contributed by atoms with Crippen LogP contribution in [0.25, 0.3) is 0 Å². The monoisotopic (exact) mass is 360 g/mol. The molecular formula is C15H9F5N2OS. The van der Waals surface area contributed by atoms with Crippen LogP contribution in [0, 0.1) is 29.1 Å². The van der Waals surface area contributed by atoms with Gasteiger partial charge in [-0.2, -0.15) is 0 Å². The Morgan fingerprint density at radius 3 is 2.00 bits per heavy atom. The number of thiocarbonyl (C=S) groups is 1. The summed E-state index contributed by atoms with van der Waals surface area (Å²) in [7, 11) is 0. The maximum atomic E-state index is 13.6. The van der Waals surface area contributed by atoms with Crippen molar-refractivity contribution in [3.05, 3.63) is 58.9 Å². The molecule has 0 spiro atoms. The molecule has 0 aliphatic carbocycles. The lowest BCUT2D eigenvalue weighted by atomic mass is 10.1. The summed E-state index contributed by atoms with van der Waals surface area (Å²) >= 11 is 4.79. The quantitative estimate of drug-likeness (QED) is 0.280. The molecule has 0 radical (unpaired) electrons. The molecule has 2 N–H and O–H groups in total. The van der Waals surface area contributed by atoms with Gasteiger partial charge in [-0.15, -0.1) is 0 Å². The molecule has 2 rings (SSSR count). The van der Waals surface area contributed by atoms with Gasteiger partial charge in [0.25, 0.3) is 0 Å². The first-order valence-electron chi connectivity index (χ1n) is 6.42. The molecule has 2 aromatic carbocycles. The van der Waals surface area contributed by atoms with Gasteiger partial charge in [0.1, 0.15) is 5.69 Å². The van der Waals surface area contributed by atoms with Crippen LogP contribution in [0.1, 0.15) is 17.3 Å². The largest absolute Gasteiger partial charge is 0.332 e. The first-order valence-corrected chi connectivity index (χ1v) is 6.83. The molecular weight excluding hydrogens is 351 g/mol. The Kier molecular flexibility index (Phi) is 5.13. The highest BCUT2D eigenvalue weighted by Crippen LogP contribution is 2.27.